The minimum atomic E-state index is -0.310. The van der Waals surface area contributed by atoms with E-state index in [2.05, 4.69) is 15.3 Å². The summed E-state index contributed by atoms with van der Waals surface area (Å²) in [7, 11) is 2.00. The van der Waals surface area contributed by atoms with Crippen LogP contribution in [0.3, 0.4) is 0 Å². The van der Waals surface area contributed by atoms with Gasteiger partial charge >= 0.3 is 0 Å². The highest BCUT2D eigenvalue weighted by Crippen LogP contribution is 2.14. The number of anilines is 1. The molecule has 2 aromatic carbocycles. The number of rotatable bonds is 6. The fourth-order valence-corrected chi connectivity index (χ4v) is 2.57. The number of amides is 1. The lowest BCUT2D eigenvalue weighted by Gasteiger charge is -2.27. The van der Waals surface area contributed by atoms with Crippen molar-refractivity contribution < 1.29 is 9.18 Å². The van der Waals surface area contributed by atoms with Crippen molar-refractivity contribution in [2.45, 2.75) is 13.0 Å². The first kappa shape index (κ1) is 17.7. The Morgan fingerprint density at radius 2 is 1.85 bits per heavy atom. The predicted molar refractivity (Wildman–Crippen MR) is 100 cm³/mol. The van der Waals surface area contributed by atoms with Gasteiger partial charge in [0.2, 0.25) is 0 Å². The van der Waals surface area contributed by atoms with Gasteiger partial charge in [-0.1, -0.05) is 18.2 Å². The molecule has 26 heavy (non-hydrogen) atoms. The summed E-state index contributed by atoms with van der Waals surface area (Å²) in [4.78, 5) is 14.5. The summed E-state index contributed by atoms with van der Waals surface area (Å²) in [5.41, 5.74) is 2.11. The highest BCUT2D eigenvalue weighted by atomic mass is 19.1. The van der Waals surface area contributed by atoms with Gasteiger partial charge < -0.3 is 10.2 Å². The van der Waals surface area contributed by atoms with Crippen molar-refractivity contribution in [3.63, 3.8) is 0 Å². The number of hydrogen-bond acceptors (Lipinski definition) is 3. The van der Waals surface area contributed by atoms with Gasteiger partial charge in [-0.25, -0.2) is 9.07 Å². The lowest BCUT2D eigenvalue weighted by atomic mass is 10.2. The second-order valence-electron chi connectivity index (χ2n) is 6.13. The minimum absolute atomic E-state index is 0.125. The summed E-state index contributed by atoms with van der Waals surface area (Å²) >= 11 is 0. The number of benzene rings is 2. The van der Waals surface area contributed by atoms with E-state index in [9.17, 15) is 9.18 Å². The molecule has 1 amide bonds. The number of nitrogens with one attached hydrogen (secondary N) is 1. The van der Waals surface area contributed by atoms with Gasteiger partial charge in [0.1, 0.15) is 5.82 Å². The normalized spacial score (nSPS) is 11.8. The van der Waals surface area contributed by atoms with Gasteiger partial charge in [0.15, 0.2) is 5.69 Å². The highest BCUT2D eigenvalue weighted by molar-refractivity contribution is 5.92. The molecule has 134 valence electrons. The zero-order chi connectivity index (χ0) is 18.5. The Morgan fingerprint density at radius 3 is 2.54 bits per heavy atom. The van der Waals surface area contributed by atoms with Crippen LogP contribution in [0.25, 0.3) is 5.69 Å². The van der Waals surface area contributed by atoms with Crippen LogP contribution < -0.4 is 10.2 Å². The lowest BCUT2D eigenvalue weighted by Crippen LogP contribution is -2.40. The maximum absolute atomic E-state index is 13.0. The fourth-order valence-electron chi connectivity index (χ4n) is 2.57. The van der Waals surface area contributed by atoms with E-state index in [1.165, 1.54) is 12.1 Å². The average molecular weight is 352 g/mol. The number of para-hydroxylation sites is 1. The number of hydrogen-bond donors (Lipinski definition) is 1. The van der Waals surface area contributed by atoms with Crippen LogP contribution in [-0.4, -0.2) is 35.3 Å². The van der Waals surface area contributed by atoms with E-state index in [4.69, 9.17) is 0 Å². The Balaban J connectivity index is 1.59. The molecule has 1 N–H and O–H groups in total. The van der Waals surface area contributed by atoms with Gasteiger partial charge in [-0.15, -0.1) is 0 Å². The average Bonchev–Trinajstić information content (AvgIpc) is 3.16. The topological polar surface area (TPSA) is 50.2 Å². The first-order chi connectivity index (χ1) is 12.5. The molecule has 0 saturated heterocycles. The Labute approximate surface area is 152 Å². The van der Waals surface area contributed by atoms with Crippen LogP contribution in [0.2, 0.25) is 0 Å². The molecule has 0 aliphatic rings. The van der Waals surface area contributed by atoms with E-state index in [0.717, 1.165) is 5.69 Å². The summed E-state index contributed by atoms with van der Waals surface area (Å²) in [6.45, 7) is 2.54. The van der Waals surface area contributed by atoms with E-state index in [0.29, 0.717) is 17.9 Å². The lowest BCUT2D eigenvalue weighted by molar-refractivity contribution is 0.0946. The second kappa shape index (κ2) is 7.82. The Morgan fingerprint density at radius 1 is 1.15 bits per heavy atom. The van der Waals surface area contributed by atoms with E-state index in [1.54, 1.807) is 29.1 Å². The maximum Gasteiger partial charge on any atom is 0.271 e. The molecule has 0 aliphatic heterocycles. The molecule has 0 bridgehead atoms. The second-order valence-corrected chi connectivity index (χ2v) is 6.13. The van der Waals surface area contributed by atoms with Crippen molar-refractivity contribution in [2.24, 2.45) is 0 Å². The summed E-state index contributed by atoms with van der Waals surface area (Å²) in [5.74, 6) is -0.547. The monoisotopic (exact) mass is 352 g/mol. The molecule has 6 heteroatoms. The molecule has 3 rings (SSSR count). The Bertz CT molecular complexity index is 861. The summed E-state index contributed by atoms with van der Waals surface area (Å²) in [6, 6.07) is 17.7. The molecule has 1 unspecified atom stereocenters. The SMILES string of the molecule is CC(CNC(=O)c1ccn(-c2ccc(F)cc2)n1)N(C)c1ccccc1. The van der Waals surface area contributed by atoms with Gasteiger partial charge in [-0.3, -0.25) is 4.79 Å². The molecule has 1 aromatic heterocycles. The molecule has 0 saturated carbocycles. The molecule has 0 radical (unpaired) electrons. The van der Waals surface area contributed by atoms with Gasteiger partial charge in [0, 0.05) is 31.5 Å². The van der Waals surface area contributed by atoms with Crippen LogP contribution in [-0.2, 0) is 0 Å². The zero-order valence-corrected chi connectivity index (χ0v) is 14.8. The van der Waals surface area contributed by atoms with Crippen molar-refractivity contribution in [3.8, 4) is 5.69 Å². The van der Waals surface area contributed by atoms with Crippen LogP contribution in [0.1, 0.15) is 17.4 Å². The van der Waals surface area contributed by atoms with Crippen LogP contribution >= 0.6 is 0 Å². The summed E-state index contributed by atoms with van der Waals surface area (Å²) in [6.07, 6.45) is 1.68. The van der Waals surface area contributed by atoms with Crippen molar-refractivity contribution in [1.82, 2.24) is 15.1 Å². The molecular formula is C20H21FN4O. The van der Waals surface area contributed by atoms with Crippen molar-refractivity contribution >= 4 is 11.6 Å². The van der Waals surface area contributed by atoms with E-state index in [-0.39, 0.29) is 17.8 Å². The minimum Gasteiger partial charge on any atom is -0.370 e. The zero-order valence-electron chi connectivity index (χ0n) is 14.8. The molecule has 0 spiro atoms. The smallest absolute Gasteiger partial charge is 0.271 e. The number of aromatic nitrogens is 2. The molecule has 1 heterocycles. The Hall–Kier alpha value is -3.15. The van der Waals surface area contributed by atoms with Gasteiger partial charge in [-0.2, -0.15) is 5.10 Å². The van der Waals surface area contributed by atoms with Crippen LogP contribution in [0.15, 0.2) is 66.9 Å². The van der Waals surface area contributed by atoms with Crippen molar-refractivity contribution in [2.75, 3.05) is 18.5 Å². The van der Waals surface area contributed by atoms with Gasteiger partial charge in [0.25, 0.3) is 5.91 Å². The third kappa shape index (κ3) is 4.08. The first-order valence-electron chi connectivity index (χ1n) is 8.42. The third-order valence-electron chi connectivity index (χ3n) is 4.30. The Kier molecular flexibility index (Phi) is 5.31. The molecule has 3 aromatic rings. The first-order valence-corrected chi connectivity index (χ1v) is 8.42. The van der Waals surface area contributed by atoms with E-state index < -0.39 is 0 Å². The van der Waals surface area contributed by atoms with E-state index >= 15 is 0 Å². The van der Waals surface area contributed by atoms with Crippen molar-refractivity contribution in [3.05, 3.63) is 78.4 Å². The fraction of sp³-hybridized carbons (Fsp3) is 0.200. The summed E-state index contributed by atoms with van der Waals surface area (Å²) in [5, 5.41) is 7.17. The molecular weight excluding hydrogens is 331 g/mol. The maximum atomic E-state index is 13.0. The number of likely N-dealkylation sites (N-methyl/N-ethyl adjacent to an activating group) is 1. The predicted octanol–water partition coefficient (Wildman–Crippen LogP) is 3.27. The van der Waals surface area contributed by atoms with Crippen LogP contribution in [0, 0.1) is 5.82 Å². The number of carbonyl (C=O) groups is 1. The number of nitrogens with zero attached hydrogens (tertiary/aromatic N) is 3. The van der Waals surface area contributed by atoms with Crippen LogP contribution in [0.5, 0.6) is 0 Å². The molecule has 1 atom stereocenters. The highest BCUT2D eigenvalue weighted by Gasteiger charge is 2.14. The standard InChI is InChI=1S/C20H21FN4O/c1-15(24(2)17-6-4-3-5-7-17)14-22-20(26)19-12-13-25(23-19)18-10-8-16(21)9-11-18/h3-13,15H,14H2,1-2H3,(H,22,26). The largest absolute Gasteiger partial charge is 0.370 e. The molecule has 0 aliphatic carbocycles. The third-order valence-corrected chi connectivity index (χ3v) is 4.30. The quantitative estimate of drug-likeness (QED) is 0.741. The van der Waals surface area contributed by atoms with E-state index in [1.807, 2.05) is 44.3 Å². The van der Waals surface area contributed by atoms with Crippen LogP contribution in [0.4, 0.5) is 10.1 Å². The van der Waals surface area contributed by atoms with Gasteiger partial charge in [0.05, 0.1) is 5.69 Å². The number of halogens is 1. The molecule has 0 fully saturated rings. The summed E-state index contributed by atoms with van der Waals surface area (Å²) < 4.78 is 14.6. The van der Waals surface area contributed by atoms with Gasteiger partial charge in [-0.05, 0) is 49.4 Å². The molecule has 5 nitrogen and oxygen atoms in total. The number of carbonyl (C=O) groups excluding carboxylic acids is 1. The van der Waals surface area contributed by atoms with Crippen molar-refractivity contribution in [1.29, 1.82) is 0 Å².